The monoisotopic (exact) mass is 441 g/mol. The molecule has 0 amide bonds. The van der Waals surface area contributed by atoms with Crippen molar-refractivity contribution < 1.29 is 9.47 Å². The topological polar surface area (TPSA) is 103 Å². The Morgan fingerprint density at radius 2 is 2.00 bits per heavy atom. The number of nitrogens with two attached hydrogens (primary N) is 1. The van der Waals surface area contributed by atoms with E-state index in [4.69, 9.17) is 20.2 Å². The van der Waals surface area contributed by atoms with E-state index in [2.05, 4.69) is 24.8 Å². The van der Waals surface area contributed by atoms with Crippen molar-refractivity contribution >= 4 is 34.4 Å². The van der Waals surface area contributed by atoms with E-state index in [1.165, 1.54) is 19.2 Å². The van der Waals surface area contributed by atoms with Gasteiger partial charge in [0, 0.05) is 43.7 Å². The minimum Gasteiger partial charge on any atom is -0.454 e. The quantitative estimate of drug-likeness (QED) is 0.485. The van der Waals surface area contributed by atoms with Gasteiger partial charge < -0.3 is 30.0 Å². The lowest BCUT2D eigenvalue weighted by Gasteiger charge is -2.18. The number of benzene rings is 1. The summed E-state index contributed by atoms with van der Waals surface area (Å²) in [5.74, 6) is 1.92. The number of nitrogens with zero attached hydrogens (tertiary/aromatic N) is 5. The summed E-state index contributed by atoms with van der Waals surface area (Å²) in [6.45, 7) is 2.11. The van der Waals surface area contributed by atoms with Crippen molar-refractivity contribution in [2.24, 2.45) is 0 Å². The van der Waals surface area contributed by atoms with Gasteiger partial charge in [0.25, 0.3) is 0 Å². The van der Waals surface area contributed by atoms with E-state index in [0.717, 1.165) is 64.9 Å². The third-order valence-corrected chi connectivity index (χ3v) is 6.52. The van der Waals surface area contributed by atoms with E-state index in [1.54, 1.807) is 11.8 Å². The van der Waals surface area contributed by atoms with Gasteiger partial charge in [-0.3, -0.25) is 0 Å². The molecule has 1 saturated carbocycles. The fraction of sp³-hybridized carbons (Fsp3) is 0.476. The second kappa shape index (κ2) is 8.43. The number of ether oxygens (including phenoxy) is 2. The summed E-state index contributed by atoms with van der Waals surface area (Å²) in [6.07, 6.45) is 6.27. The SMILES string of the molecule is CN(C)c1cc2c(cc1Sc1nc3c(N)ncnc3n1CCCCNC1CC1)OCO2. The van der Waals surface area contributed by atoms with E-state index in [1.807, 2.05) is 26.2 Å². The Morgan fingerprint density at radius 3 is 2.77 bits per heavy atom. The van der Waals surface area contributed by atoms with Crippen LogP contribution in [0, 0.1) is 0 Å². The van der Waals surface area contributed by atoms with Gasteiger partial charge in [-0.15, -0.1) is 0 Å². The summed E-state index contributed by atoms with van der Waals surface area (Å²) >= 11 is 1.58. The van der Waals surface area contributed by atoms with Crippen molar-refractivity contribution in [2.75, 3.05) is 38.1 Å². The van der Waals surface area contributed by atoms with Crippen molar-refractivity contribution in [3.05, 3.63) is 18.5 Å². The number of nitrogens with one attached hydrogen (secondary N) is 1. The van der Waals surface area contributed by atoms with Crippen LogP contribution in [-0.4, -0.2) is 53.0 Å². The fourth-order valence-electron chi connectivity index (χ4n) is 3.64. The summed E-state index contributed by atoms with van der Waals surface area (Å²) in [7, 11) is 4.03. The predicted molar refractivity (Wildman–Crippen MR) is 121 cm³/mol. The summed E-state index contributed by atoms with van der Waals surface area (Å²) in [5.41, 5.74) is 8.57. The maximum absolute atomic E-state index is 6.11. The van der Waals surface area contributed by atoms with Crippen LogP contribution in [0.5, 0.6) is 11.5 Å². The first-order valence-electron chi connectivity index (χ1n) is 10.6. The molecule has 10 heteroatoms. The number of fused-ring (bicyclic) bond motifs is 2. The van der Waals surface area contributed by atoms with E-state index < -0.39 is 0 Å². The van der Waals surface area contributed by atoms with Crippen LogP contribution in [0.2, 0.25) is 0 Å². The molecule has 0 unspecified atom stereocenters. The zero-order valence-corrected chi connectivity index (χ0v) is 18.6. The number of nitrogen functional groups attached to an aromatic ring is 1. The Labute approximate surface area is 185 Å². The Hall–Kier alpha value is -2.72. The lowest BCUT2D eigenvalue weighted by molar-refractivity contribution is 0.174. The van der Waals surface area contributed by atoms with Crippen LogP contribution in [0.25, 0.3) is 11.2 Å². The Bertz CT molecular complexity index is 1100. The van der Waals surface area contributed by atoms with E-state index in [-0.39, 0.29) is 6.79 Å². The number of rotatable bonds is 9. The molecule has 0 radical (unpaired) electrons. The molecule has 31 heavy (non-hydrogen) atoms. The number of aryl methyl sites for hydroxylation is 1. The summed E-state index contributed by atoms with van der Waals surface area (Å²) in [6, 6.07) is 4.76. The maximum atomic E-state index is 6.11. The van der Waals surface area contributed by atoms with Crippen molar-refractivity contribution in [3.8, 4) is 11.5 Å². The zero-order valence-electron chi connectivity index (χ0n) is 17.8. The smallest absolute Gasteiger partial charge is 0.231 e. The molecule has 2 aromatic heterocycles. The average Bonchev–Trinajstić information content (AvgIpc) is 3.34. The van der Waals surface area contributed by atoms with Gasteiger partial charge in [-0.2, -0.15) is 0 Å². The highest BCUT2D eigenvalue weighted by molar-refractivity contribution is 7.99. The van der Waals surface area contributed by atoms with Crippen LogP contribution in [0.3, 0.4) is 0 Å². The lowest BCUT2D eigenvalue weighted by Crippen LogP contribution is -2.17. The molecule has 0 spiro atoms. The molecule has 9 nitrogen and oxygen atoms in total. The Balaban J connectivity index is 1.44. The fourth-order valence-corrected chi connectivity index (χ4v) is 4.78. The lowest BCUT2D eigenvalue weighted by atomic mass is 10.2. The normalized spacial score (nSPS) is 15.0. The molecule has 3 N–H and O–H groups in total. The van der Waals surface area contributed by atoms with Crippen LogP contribution in [0.15, 0.2) is 28.5 Å². The number of hydrogen-bond donors (Lipinski definition) is 2. The second-order valence-corrected chi connectivity index (χ2v) is 9.09. The zero-order chi connectivity index (χ0) is 21.4. The number of hydrogen-bond acceptors (Lipinski definition) is 9. The Kier molecular flexibility index (Phi) is 5.49. The van der Waals surface area contributed by atoms with Gasteiger partial charge in [-0.1, -0.05) is 0 Å². The standard InChI is InChI=1S/C21H27N7O2S/c1-27(2)14-9-15-16(30-12-29-15)10-17(14)31-21-26-18-19(22)24-11-25-20(18)28(21)8-4-3-7-23-13-5-6-13/h9-11,13,23H,3-8,12H2,1-2H3,(H2,22,24,25). The first-order valence-corrected chi connectivity index (χ1v) is 11.4. The highest BCUT2D eigenvalue weighted by Crippen LogP contribution is 2.44. The second-order valence-electron chi connectivity index (χ2n) is 8.08. The van der Waals surface area contributed by atoms with Gasteiger partial charge in [-0.05, 0) is 44.0 Å². The molecule has 164 valence electrons. The van der Waals surface area contributed by atoms with Crippen LogP contribution in [0.1, 0.15) is 25.7 Å². The van der Waals surface area contributed by atoms with E-state index in [0.29, 0.717) is 11.3 Å². The van der Waals surface area contributed by atoms with E-state index in [9.17, 15) is 0 Å². The van der Waals surface area contributed by atoms with Crippen molar-refractivity contribution in [2.45, 2.75) is 48.3 Å². The molecule has 3 aromatic rings. The first kappa shape index (κ1) is 20.2. The van der Waals surface area contributed by atoms with Gasteiger partial charge >= 0.3 is 0 Å². The van der Waals surface area contributed by atoms with Gasteiger partial charge in [0.05, 0.1) is 5.69 Å². The van der Waals surface area contributed by atoms with Gasteiger partial charge in [0.2, 0.25) is 6.79 Å². The third-order valence-electron chi connectivity index (χ3n) is 5.48. The molecule has 1 aromatic carbocycles. The molecular weight excluding hydrogens is 414 g/mol. The van der Waals surface area contributed by atoms with Crippen LogP contribution in [0.4, 0.5) is 11.5 Å². The number of unbranched alkanes of at least 4 members (excludes halogenated alkanes) is 1. The molecule has 5 rings (SSSR count). The minimum atomic E-state index is 0.246. The van der Waals surface area contributed by atoms with Crippen LogP contribution in [-0.2, 0) is 6.54 Å². The molecule has 3 heterocycles. The number of anilines is 2. The van der Waals surface area contributed by atoms with Gasteiger partial charge in [0.1, 0.15) is 6.33 Å². The average molecular weight is 442 g/mol. The highest BCUT2D eigenvalue weighted by atomic mass is 32.2. The van der Waals surface area contributed by atoms with Gasteiger partial charge in [-0.25, -0.2) is 15.0 Å². The molecular formula is C21H27N7O2S. The highest BCUT2D eigenvalue weighted by Gasteiger charge is 2.22. The van der Waals surface area contributed by atoms with Crippen LogP contribution >= 0.6 is 11.8 Å². The Morgan fingerprint density at radius 1 is 1.19 bits per heavy atom. The first-order chi connectivity index (χ1) is 15.1. The molecule has 0 bridgehead atoms. The van der Waals surface area contributed by atoms with Crippen molar-refractivity contribution in [1.82, 2.24) is 24.8 Å². The molecule has 1 aliphatic carbocycles. The number of imidazole rings is 1. The third kappa shape index (κ3) is 4.22. The van der Waals surface area contributed by atoms with E-state index >= 15 is 0 Å². The maximum Gasteiger partial charge on any atom is 0.231 e. The van der Waals surface area contributed by atoms with Crippen molar-refractivity contribution in [3.63, 3.8) is 0 Å². The van der Waals surface area contributed by atoms with Crippen molar-refractivity contribution in [1.29, 1.82) is 0 Å². The minimum absolute atomic E-state index is 0.246. The van der Waals surface area contributed by atoms with Gasteiger partial charge in [0.15, 0.2) is 33.6 Å². The largest absolute Gasteiger partial charge is 0.454 e. The van der Waals surface area contributed by atoms with Crippen LogP contribution < -0.4 is 25.4 Å². The molecule has 2 aliphatic rings. The summed E-state index contributed by atoms with van der Waals surface area (Å²) in [4.78, 5) is 16.5. The number of aromatic nitrogens is 4. The molecule has 0 saturated heterocycles. The molecule has 1 fully saturated rings. The molecule has 1 aliphatic heterocycles. The molecule has 0 atom stereocenters. The summed E-state index contributed by atoms with van der Waals surface area (Å²) in [5, 5.41) is 4.42. The predicted octanol–water partition coefficient (Wildman–Crippen LogP) is 2.89. The summed E-state index contributed by atoms with van der Waals surface area (Å²) < 4.78 is 13.3.